The molecule has 1 heterocycles. The second kappa shape index (κ2) is 7.15. The van der Waals surface area contributed by atoms with Crippen LogP contribution in [0.25, 0.3) is 17.1 Å². The van der Waals surface area contributed by atoms with Crippen molar-refractivity contribution >= 4 is 5.91 Å². The molecule has 3 aromatic rings. The summed E-state index contributed by atoms with van der Waals surface area (Å²) < 4.78 is 1.91. The molecule has 0 radical (unpaired) electrons. The number of carbonyl (C=O) groups is 1. The van der Waals surface area contributed by atoms with Gasteiger partial charge in [0.2, 0.25) is 5.91 Å². The lowest BCUT2D eigenvalue weighted by Crippen LogP contribution is -2.25. The van der Waals surface area contributed by atoms with E-state index in [4.69, 9.17) is 0 Å². The maximum absolute atomic E-state index is 11.8. The van der Waals surface area contributed by atoms with Crippen molar-refractivity contribution in [3.63, 3.8) is 0 Å². The molecule has 1 aliphatic carbocycles. The maximum atomic E-state index is 11.8. The van der Waals surface area contributed by atoms with Crippen molar-refractivity contribution in [3.05, 3.63) is 60.4 Å². The third kappa shape index (κ3) is 3.95. The average molecular weight is 363 g/mol. The fourth-order valence-corrected chi connectivity index (χ4v) is 3.00. The minimum Gasteiger partial charge on any atom is -0.504 e. The summed E-state index contributed by atoms with van der Waals surface area (Å²) in [6.45, 7) is 0. The molecule has 1 amide bonds. The second-order valence-electron chi connectivity index (χ2n) is 6.83. The molecule has 3 N–H and O–H groups in total. The molecule has 1 saturated carbocycles. The molecule has 1 fully saturated rings. The molecule has 6 nitrogen and oxygen atoms in total. The van der Waals surface area contributed by atoms with E-state index in [2.05, 4.69) is 10.3 Å². The smallest absolute Gasteiger partial charge is 0.220 e. The van der Waals surface area contributed by atoms with Gasteiger partial charge in [-0.3, -0.25) is 9.36 Å². The lowest BCUT2D eigenvalue weighted by atomic mass is 10.1. The first kappa shape index (κ1) is 17.1. The third-order valence-corrected chi connectivity index (χ3v) is 4.67. The zero-order valence-electron chi connectivity index (χ0n) is 14.8. The highest BCUT2D eigenvalue weighted by Gasteiger charge is 2.22. The Bertz CT molecular complexity index is 959. The van der Waals surface area contributed by atoms with Gasteiger partial charge in [-0.05, 0) is 55.2 Å². The van der Waals surface area contributed by atoms with Crippen molar-refractivity contribution in [1.82, 2.24) is 14.9 Å². The van der Waals surface area contributed by atoms with Crippen LogP contribution in [0.1, 0.15) is 24.8 Å². The monoisotopic (exact) mass is 363 g/mol. The predicted octanol–water partition coefficient (Wildman–Crippen LogP) is 3.16. The van der Waals surface area contributed by atoms with E-state index in [-0.39, 0.29) is 17.4 Å². The quantitative estimate of drug-likeness (QED) is 0.587. The first-order valence-electron chi connectivity index (χ1n) is 9.04. The lowest BCUT2D eigenvalue weighted by Gasteiger charge is -2.10. The SMILES string of the molecule is O=C(CCc1ccc(-n2ccnc2-c2ccc(O)c(O)c2)cc1)NC1CC1. The number of aromatic hydroxyl groups is 2. The van der Waals surface area contributed by atoms with Crippen molar-refractivity contribution in [1.29, 1.82) is 0 Å². The first-order chi connectivity index (χ1) is 13.1. The molecular weight excluding hydrogens is 342 g/mol. The number of nitrogens with zero attached hydrogens (tertiary/aromatic N) is 2. The largest absolute Gasteiger partial charge is 0.504 e. The van der Waals surface area contributed by atoms with Gasteiger partial charge in [0.1, 0.15) is 5.82 Å². The number of aromatic nitrogens is 2. The number of amides is 1. The van der Waals surface area contributed by atoms with E-state index in [0.717, 1.165) is 24.1 Å². The molecule has 2 aromatic carbocycles. The van der Waals surface area contributed by atoms with Crippen LogP contribution in [0.3, 0.4) is 0 Å². The van der Waals surface area contributed by atoms with Crippen molar-refractivity contribution in [2.75, 3.05) is 0 Å². The predicted molar refractivity (Wildman–Crippen MR) is 102 cm³/mol. The average Bonchev–Trinajstić information content (AvgIpc) is 3.34. The van der Waals surface area contributed by atoms with Gasteiger partial charge in [0, 0.05) is 36.1 Å². The first-order valence-corrected chi connectivity index (χ1v) is 9.04. The standard InChI is InChI=1S/C21H21N3O3/c25-18-9-4-15(13-19(18)26)21-22-11-12-24(21)17-7-1-14(2-8-17)3-10-20(27)23-16-5-6-16/h1-2,4,7-9,11-13,16,25-26H,3,5-6,10H2,(H,23,27). The Morgan fingerprint density at radius 3 is 2.59 bits per heavy atom. The van der Waals surface area contributed by atoms with Gasteiger partial charge in [-0.25, -0.2) is 4.98 Å². The fraction of sp³-hybridized carbons (Fsp3) is 0.238. The number of imidazole rings is 1. The van der Waals surface area contributed by atoms with E-state index >= 15 is 0 Å². The zero-order valence-corrected chi connectivity index (χ0v) is 14.8. The summed E-state index contributed by atoms with van der Waals surface area (Å²) in [5, 5.41) is 22.2. The molecule has 0 aliphatic heterocycles. The maximum Gasteiger partial charge on any atom is 0.220 e. The van der Waals surface area contributed by atoms with E-state index in [1.165, 1.54) is 12.1 Å². The van der Waals surface area contributed by atoms with Crippen LogP contribution in [-0.4, -0.2) is 31.7 Å². The summed E-state index contributed by atoms with van der Waals surface area (Å²) >= 11 is 0. The summed E-state index contributed by atoms with van der Waals surface area (Å²) in [6.07, 6.45) is 6.95. The number of nitrogens with one attached hydrogen (secondary N) is 1. The van der Waals surface area contributed by atoms with Crippen molar-refractivity contribution in [2.24, 2.45) is 0 Å². The van der Waals surface area contributed by atoms with E-state index in [0.29, 0.717) is 30.3 Å². The van der Waals surface area contributed by atoms with E-state index in [9.17, 15) is 15.0 Å². The van der Waals surface area contributed by atoms with Crippen LogP contribution >= 0.6 is 0 Å². The minimum absolute atomic E-state index is 0.116. The highest BCUT2D eigenvalue weighted by atomic mass is 16.3. The van der Waals surface area contributed by atoms with Crippen LogP contribution in [-0.2, 0) is 11.2 Å². The normalized spacial score (nSPS) is 13.5. The molecule has 0 atom stereocenters. The molecule has 0 spiro atoms. The number of phenols is 2. The highest BCUT2D eigenvalue weighted by molar-refractivity contribution is 5.76. The Hall–Kier alpha value is -3.28. The number of hydrogen-bond acceptors (Lipinski definition) is 4. The van der Waals surface area contributed by atoms with Gasteiger partial charge in [-0.1, -0.05) is 12.1 Å². The number of benzene rings is 2. The number of carbonyl (C=O) groups excluding carboxylic acids is 1. The summed E-state index contributed by atoms with van der Waals surface area (Å²) in [4.78, 5) is 16.2. The number of phenolic OH excluding ortho intramolecular Hbond substituents is 2. The Balaban J connectivity index is 1.48. The summed E-state index contributed by atoms with van der Waals surface area (Å²) in [5.41, 5.74) is 2.74. The van der Waals surface area contributed by atoms with Crippen molar-refractivity contribution in [3.8, 4) is 28.6 Å². The van der Waals surface area contributed by atoms with Crippen LogP contribution in [0.4, 0.5) is 0 Å². The fourth-order valence-electron chi connectivity index (χ4n) is 3.00. The van der Waals surface area contributed by atoms with Crippen LogP contribution in [0.5, 0.6) is 11.5 Å². The number of aryl methyl sites for hydroxylation is 1. The highest BCUT2D eigenvalue weighted by Crippen LogP contribution is 2.30. The number of hydrogen-bond donors (Lipinski definition) is 3. The summed E-state index contributed by atoms with van der Waals surface area (Å²) in [7, 11) is 0. The van der Waals surface area contributed by atoms with Gasteiger partial charge < -0.3 is 15.5 Å². The van der Waals surface area contributed by atoms with E-state index in [1.807, 2.05) is 35.0 Å². The lowest BCUT2D eigenvalue weighted by molar-refractivity contribution is -0.121. The van der Waals surface area contributed by atoms with Gasteiger partial charge in [0.15, 0.2) is 11.5 Å². The molecule has 4 rings (SSSR count). The molecule has 138 valence electrons. The Morgan fingerprint density at radius 1 is 1.11 bits per heavy atom. The molecule has 0 unspecified atom stereocenters. The zero-order chi connectivity index (χ0) is 18.8. The van der Waals surface area contributed by atoms with Crippen LogP contribution in [0.15, 0.2) is 54.9 Å². The summed E-state index contributed by atoms with van der Waals surface area (Å²) in [6, 6.07) is 13.0. The second-order valence-corrected chi connectivity index (χ2v) is 6.83. The summed E-state index contributed by atoms with van der Waals surface area (Å²) in [5.74, 6) is 0.446. The molecule has 1 aromatic heterocycles. The van der Waals surface area contributed by atoms with E-state index in [1.54, 1.807) is 12.3 Å². The third-order valence-electron chi connectivity index (χ3n) is 4.67. The molecule has 0 bridgehead atoms. The van der Waals surface area contributed by atoms with Crippen molar-refractivity contribution < 1.29 is 15.0 Å². The Kier molecular flexibility index (Phi) is 4.54. The van der Waals surface area contributed by atoms with Crippen molar-refractivity contribution in [2.45, 2.75) is 31.7 Å². The van der Waals surface area contributed by atoms with Gasteiger partial charge in [-0.2, -0.15) is 0 Å². The molecule has 0 saturated heterocycles. The molecular formula is C21H21N3O3. The number of rotatable bonds is 6. The van der Waals surface area contributed by atoms with E-state index < -0.39 is 0 Å². The van der Waals surface area contributed by atoms with Crippen LogP contribution in [0.2, 0.25) is 0 Å². The molecule has 27 heavy (non-hydrogen) atoms. The molecule has 6 heteroatoms. The van der Waals surface area contributed by atoms with Crippen LogP contribution in [0, 0.1) is 0 Å². The van der Waals surface area contributed by atoms with Gasteiger partial charge in [-0.15, -0.1) is 0 Å². The van der Waals surface area contributed by atoms with Gasteiger partial charge in [0.25, 0.3) is 0 Å². The van der Waals surface area contributed by atoms with Gasteiger partial charge in [0.05, 0.1) is 0 Å². The Morgan fingerprint density at radius 2 is 1.89 bits per heavy atom. The Labute approximate surface area is 157 Å². The van der Waals surface area contributed by atoms with Gasteiger partial charge >= 0.3 is 0 Å². The molecule has 1 aliphatic rings. The van der Waals surface area contributed by atoms with Crippen LogP contribution < -0.4 is 5.32 Å². The topological polar surface area (TPSA) is 87.4 Å². The minimum atomic E-state index is -0.179.